The highest BCUT2D eigenvalue weighted by molar-refractivity contribution is 7.93. The number of carbonyl (C=O) groups is 1. The number of fused-ring (bicyclic) bond motifs is 1. The number of rotatable bonds is 5. The SMILES string of the molecule is O=C(Nc1cccnc1-n1cccn1)c1ccc(Cl)c(S(=O)(=O)N2CCc3ccccc32)c1. The van der Waals surface area contributed by atoms with Crippen LogP contribution in [0, 0.1) is 0 Å². The average molecular weight is 480 g/mol. The molecule has 1 aliphatic heterocycles. The molecule has 2 aromatic heterocycles. The van der Waals surface area contributed by atoms with Gasteiger partial charge in [0.15, 0.2) is 5.82 Å². The molecule has 33 heavy (non-hydrogen) atoms. The third-order valence-electron chi connectivity index (χ3n) is 5.36. The van der Waals surface area contributed by atoms with Crippen LogP contribution in [0.1, 0.15) is 15.9 Å². The molecule has 1 aliphatic rings. The summed E-state index contributed by atoms with van der Waals surface area (Å²) in [7, 11) is -3.96. The Balaban J connectivity index is 1.47. The molecule has 3 heterocycles. The van der Waals surface area contributed by atoms with E-state index in [2.05, 4.69) is 15.4 Å². The molecule has 1 N–H and O–H groups in total. The number of carbonyl (C=O) groups excluding carboxylic acids is 1. The zero-order valence-corrected chi connectivity index (χ0v) is 18.8. The van der Waals surface area contributed by atoms with Crippen LogP contribution in [0.25, 0.3) is 5.82 Å². The summed E-state index contributed by atoms with van der Waals surface area (Å²) in [5.74, 6) is -0.0577. The number of halogens is 1. The summed E-state index contributed by atoms with van der Waals surface area (Å²) in [5.41, 5.74) is 2.16. The fraction of sp³-hybridized carbons (Fsp3) is 0.0870. The van der Waals surface area contributed by atoms with Gasteiger partial charge in [0, 0.05) is 30.7 Å². The zero-order valence-electron chi connectivity index (χ0n) is 17.2. The highest BCUT2D eigenvalue weighted by Gasteiger charge is 2.32. The van der Waals surface area contributed by atoms with E-state index in [1.54, 1.807) is 48.9 Å². The molecule has 2 aromatic carbocycles. The van der Waals surface area contributed by atoms with Crippen molar-refractivity contribution in [1.29, 1.82) is 0 Å². The van der Waals surface area contributed by atoms with E-state index in [1.165, 1.54) is 27.2 Å². The van der Waals surface area contributed by atoms with Crippen LogP contribution in [-0.4, -0.2) is 35.6 Å². The van der Waals surface area contributed by atoms with Gasteiger partial charge in [-0.3, -0.25) is 9.10 Å². The Morgan fingerprint density at radius 1 is 1.03 bits per heavy atom. The van der Waals surface area contributed by atoms with Crippen LogP contribution in [0.3, 0.4) is 0 Å². The Labute approximate surface area is 195 Å². The molecule has 0 fully saturated rings. The largest absolute Gasteiger partial charge is 0.319 e. The van der Waals surface area contributed by atoms with Crippen molar-refractivity contribution in [2.45, 2.75) is 11.3 Å². The van der Waals surface area contributed by atoms with Crippen LogP contribution in [-0.2, 0) is 16.4 Å². The topological polar surface area (TPSA) is 97.2 Å². The number of benzene rings is 2. The lowest BCUT2D eigenvalue weighted by Crippen LogP contribution is -2.29. The molecule has 0 saturated carbocycles. The van der Waals surface area contributed by atoms with Crippen LogP contribution < -0.4 is 9.62 Å². The van der Waals surface area contributed by atoms with E-state index >= 15 is 0 Å². The molecular weight excluding hydrogens is 462 g/mol. The molecule has 0 spiro atoms. The molecule has 8 nitrogen and oxygen atoms in total. The minimum Gasteiger partial charge on any atom is -0.319 e. The first kappa shape index (κ1) is 21.2. The second kappa shape index (κ2) is 8.34. The molecule has 0 radical (unpaired) electrons. The minimum absolute atomic E-state index is 0.0505. The van der Waals surface area contributed by atoms with Gasteiger partial charge >= 0.3 is 0 Å². The lowest BCUT2D eigenvalue weighted by atomic mass is 10.2. The van der Waals surface area contributed by atoms with Crippen LogP contribution in [0.5, 0.6) is 0 Å². The maximum atomic E-state index is 13.4. The molecule has 0 saturated heterocycles. The van der Waals surface area contributed by atoms with Crippen molar-refractivity contribution in [2.75, 3.05) is 16.2 Å². The van der Waals surface area contributed by atoms with Gasteiger partial charge in [0.2, 0.25) is 0 Å². The van der Waals surface area contributed by atoms with Crippen LogP contribution >= 0.6 is 11.6 Å². The first-order chi connectivity index (χ1) is 15.9. The highest BCUT2D eigenvalue weighted by atomic mass is 35.5. The third-order valence-corrected chi connectivity index (χ3v) is 7.66. The predicted molar refractivity (Wildman–Crippen MR) is 125 cm³/mol. The molecule has 5 rings (SSSR count). The van der Waals surface area contributed by atoms with Crippen LogP contribution in [0.2, 0.25) is 5.02 Å². The quantitative estimate of drug-likeness (QED) is 0.468. The smallest absolute Gasteiger partial charge is 0.265 e. The van der Waals surface area contributed by atoms with Crippen molar-refractivity contribution in [3.05, 3.63) is 95.4 Å². The number of amides is 1. The first-order valence-corrected chi connectivity index (χ1v) is 11.9. The van der Waals surface area contributed by atoms with Gasteiger partial charge < -0.3 is 5.32 Å². The van der Waals surface area contributed by atoms with Gasteiger partial charge in [0.1, 0.15) is 4.90 Å². The lowest BCUT2D eigenvalue weighted by molar-refractivity contribution is 0.102. The Morgan fingerprint density at radius 3 is 2.70 bits per heavy atom. The monoisotopic (exact) mass is 479 g/mol. The fourth-order valence-corrected chi connectivity index (χ4v) is 5.79. The van der Waals surface area contributed by atoms with Gasteiger partial charge in [-0.2, -0.15) is 5.10 Å². The summed E-state index contributed by atoms with van der Waals surface area (Å²) in [4.78, 5) is 17.2. The molecular formula is C23H18ClN5O3S. The normalized spacial score (nSPS) is 13.1. The molecule has 10 heteroatoms. The third kappa shape index (κ3) is 3.85. The summed E-state index contributed by atoms with van der Waals surface area (Å²) in [5, 5.41) is 6.98. The number of nitrogens with one attached hydrogen (secondary N) is 1. The molecule has 0 aliphatic carbocycles. The predicted octanol–water partition coefficient (Wildman–Crippen LogP) is 3.92. The van der Waals surface area contributed by atoms with Crippen molar-refractivity contribution in [2.24, 2.45) is 0 Å². The second-order valence-corrected chi connectivity index (χ2v) is 9.62. The highest BCUT2D eigenvalue weighted by Crippen LogP contribution is 2.35. The van der Waals surface area contributed by atoms with Gasteiger partial charge in [0.25, 0.3) is 15.9 Å². The lowest BCUT2D eigenvalue weighted by Gasteiger charge is -2.20. The summed E-state index contributed by atoms with van der Waals surface area (Å²) in [6.07, 6.45) is 5.52. The summed E-state index contributed by atoms with van der Waals surface area (Å²) in [6.45, 7) is 0.317. The van der Waals surface area contributed by atoms with Crippen molar-refractivity contribution in [1.82, 2.24) is 14.8 Å². The van der Waals surface area contributed by atoms with Gasteiger partial charge in [-0.15, -0.1) is 0 Å². The maximum absolute atomic E-state index is 13.4. The van der Waals surface area contributed by atoms with E-state index in [0.29, 0.717) is 30.2 Å². The number of hydrogen-bond donors (Lipinski definition) is 1. The van der Waals surface area contributed by atoms with E-state index in [1.807, 2.05) is 12.1 Å². The maximum Gasteiger partial charge on any atom is 0.265 e. The van der Waals surface area contributed by atoms with E-state index < -0.39 is 15.9 Å². The van der Waals surface area contributed by atoms with Crippen molar-refractivity contribution >= 4 is 38.9 Å². The number of sulfonamides is 1. The number of pyridine rings is 1. The number of aromatic nitrogens is 3. The molecule has 0 unspecified atom stereocenters. The van der Waals surface area contributed by atoms with Gasteiger partial charge in [0.05, 0.1) is 16.4 Å². The van der Waals surface area contributed by atoms with E-state index in [9.17, 15) is 13.2 Å². The van der Waals surface area contributed by atoms with Gasteiger partial charge in [-0.25, -0.2) is 18.1 Å². The first-order valence-electron chi connectivity index (χ1n) is 10.1. The van der Waals surface area contributed by atoms with E-state index in [-0.39, 0.29) is 15.5 Å². The fourth-order valence-electron chi connectivity index (χ4n) is 3.78. The summed E-state index contributed by atoms with van der Waals surface area (Å²) in [6, 6.07) is 16.7. The Morgan fingerprint density at radius 2 is 1.88 bits per heavy atom. The van der Waals surface area contributed by atoms with E-state index in [0.717, 1.165) is 5.56 Å². The van der Waals surface area contributed by atoms with Crippen LogP contribution in [0.15, 0.2) is 84.1 Å². The Bertz CT molecular complexity index is 1450. The summed E-state index contributed by atoms with van der Waals surface area (Å²) < 4.78 is 29.8. The molecule has 166 valence electrons. The number of para-hydroxylation sites is 1. The van der Waals surface area contributed by atoms with Crippen molar-refractivity contribution in [3.8, 4) is 5.82 Å². The molecule has 0 bridgehead atoms. The Kier molecular flexibility index (Phi) is 5.35. The van der Waals surface area contributed by atoms with Crippen LogP contribution in [0.4, 0.5) is 11.4 Å². The Hall–Kier alpha value is -3.69. The minimum atomic E-state index is -3.96. The number of nitrogens with zero attached hydrogens (tertiary/aromatic N) is 4. The molecule has 1 amide bonds. The average Bonchev–Trinajstić information content (AvgIpc) is 3.50. The van der Waals surface area contributed by atoms with Crippen molar-refractivity contribution < 1.29 is 13.2 Å². The molecule has 0 atom stereocenters. The standard InChI is InChI=1S/C23H18ClN5O3S/c24-18-9-8-17(23(30)27-19-6-3-11-25-22(19)28-13-4-12-26-28)15-21(18)33(31,32)29-14-10-16-5-1-2-7-20(16)29/h1-9,11-13,15H,10,14H2,(H,27,30). The number of hydrogen-bond acceptors (Lipinski definition) is 5. The summed E-state index contributed by atoms with van der Waals surface area (Å²) >= 11 is 6.28. The van der Waals surface area contributed by atoms with Crippen molar-refractivity contribution in [3.63, 3.8) is 0 Å². The zero-order chi connectivity index (χ0) is 23.0. The van der Waals surface area contributed by atoms with E-state index in [4.69, 9.17) is 11.6 Å². The molecule has 4 aromatic rings. The number of anilines is 2. The van der Waals surface area contributed by atoms with Gasteiger partial charge in [-0.05, 0) is 54.4 Å². The van der Waals surface area contributed by atoms with Gasteiger partial charge in [-0.1, -0.05) is 29.8 Å². The second-order valence-electron chi connectivity index (χ2n) is 7.38.